The summed E-state index contributed by atoms with van der Waals surface area (Å²) in [6.45, 7) is 0. The maximum atomic E-state index is 12.2. The van der Waals surface area contributed by atoms with E-state index in [-0.39, 0.29) is 11.3 Å². The highest BCUT2D eigenvalue weighted by atomic mass is 16.3. The van der Waals surface area contributed by atoms with Crippen molar-refractivity contribution in [2.75, 3.05) is 24.3 Å². The summed E-state index contributed by atoms with van der Waals surface area (Å²) >= 11 is 0. The van der Waals surface area contributed by atoms with Crippen LogP contribution in [0, 0.1) is 11.3 Å². The molecular formula is C18H17N3O2. The van der Waals surface area contributed by atoms with E-state index in [0.29, 0.717) is 11.3 Å². The van der Waals surface area contributed by atoms with Crippen LogP contribution >= 0.6 is 0 Å². The summed E-state index contributed by atoms with van der Waals surface area (Å²) in [6.07, 6.45) is 1.48. The average molecular weight is 307 g/mol. The Morgan fingerprint density at radius 1 is 1.13 bits per heavy atom. The SMILES string of the molecule is CN(C)c1ccc(NC(=O)/C(C#N)=C/c2ccc(O)cc2)cc1. The van der Waals surface area contributed by atoms with Gasteiger partial charge in [0.15, 0.2) is 0 Å². The molecule has 0 bridgehead atoms. The lowest BCUT2D eigenvalue weighted by Gasteiger charge is -2.12. The van der Waals surface area contributed by atoms with Gasteiger partial charge in [-0.3, -0.25) is 4.79 Å². The van der Waals surface area contributed by atoms with E-state index >= 15 is 0 Å². The van der Waals surface area contributed by atoms with Gasteiger partial charge in [-0.05, 0) is 48.0 Å². The van der Waals surface area contributed by atoms with Gasteiger partial charge >= 0.3 is 0 Å². The van der Waals surface area contributed by atoms with Crippen LogP contribution in [-0.4, -0.2) is 25.1 Å². The van der Waals surface area contributed by atoms with Crippen molar-refractivity contribution in [2.45, 2.75) is 0 Å². The van der Waals surface area contributed by atoms with E-state index in [9.17, 15) is 15.2 Å². The molecule has 0 heterocycles. The van der Waals surface area contributed by atoms with Gasteiger partial charge in [0.25, 0.3) is 5.91 Å². The van der Waals surface area contributed by atoms with Crippen LogP contribution in [0.5, 0.6) is 5.75 Å². The molecule has 2 N–H and O–H groups in total. The van der Waals surface area contributed by atoms with Crippen LogP contribution in [0.2, 0.25) is 0 Å². The highest BCUT2D eigenvalue weighted by molar-refractivity contribution is 6.09. The van der Waals surface area contributed by atoms with Crippen molar-refractivity contribution in [3.05, 3.63) is 59.7 Å². The number of nitrogens with one attached hydrogen (secondary N) is 1. The minimum Gasteiger partial charge on any atom is -0.508 e. The second kappa shape index (κ2) is 7.14. The predicted octanol–water partition coefficient (Wildman–Crippen LogP) is 3.00. The second-order valence-electron chi connectivity index (χ2n) is 5.16. The Hall–Kier alpha value is -3.26. The molecule has 0 radical (unpaired) electrons. The molecule has 116 valence electrons. The van der Waals surface area contributed by atoms with E-state index in [4.69, 9.17) is 0 Å². The Labute approximate surface area is 135 Å². The third-order valence-electron chi connectivity index (χ3n) is 3.21. The summed E-state index contributed by atoms with van der Waals surface area (Å²) < 4.78 is 0. The minimum atomic E-state index is -0.474. The highest BCUT2D eigenvalue weighted by Gasteiger charge is 2.09. The molecule has 0 aliphatic rings. The van der Waals surface area contributed by atoms with E-state index in [0.717, 1.165) is 5.69 Å². The van der Waals surface area contributed by atoms with E-state index in [1.54, 1.807) is 24.3 Å². The lowest BCUT2D eigenvalue weighted by atomic mass is 10.1. The van der Waals surface area contributed by atoms with Gasteiger partial charge in [0.2, 0.25) is 0 Å². The van der Waals surface area contributed by atoms with E-state index in [1.807, 2.05) is 37.2 Å². The molecular weight excluding hydrogens is 290 g/mol. The summed E-state index contributed by atoms with van der Waals surface area (Å²) in [7, 11) is 3.86. The number of benzene rings is 2. The first-order valence-corrected chi connectivity index (χ1v) is 6.99. The summed E-state index contributed by atoms with van der Waals surface area (Å²) in [4.78, 5) is 14.1. The van der Waals surface area contributed by atoms with Gasteiger partial charge in [0, 0.05) is 25.5 Å². The highest BCUT2D eigenvalue weighted by Crippen LogP contribution is 2.17. The van der Waals surface area contributed by atoms with Crippen molar-refractivity contribution in [3.8, 4) is 11.8 Å². The number of amides is 1. The molecule has 0 atom stereocenters. The largest absolute Gasteiger partial charge is 0.508 e. The Bertz CT molecular complexity index is 754. The molecule has 0 aliphatic carbocycles. The number of phenolic OH excluding ortho intramolecular Hbond substituents is 1. The molecule has 5 nitrogen and oxygen atoms in total. The number of aromatic hydroxyl groups is 1. The number of hydrogen-bond acceptors (Lipinski definition) is 4. The van der Waals surface area contributed by atoms with Gasteiger partial charge in [0.1, 0.15) is 17.4 Å². The Balaban J connectivity index is 2.14. The number of phenols is 1. The van der Waals surface area contributed by atoms with Gasteiger partial charge in [-0.2, -0.15) is 5.26 Å². The van der Waals surface area contributed by atoms with Gasteiger partial charge in [0.05, 0.1) is 0 Å². The zero-order valence-corrected chi connectivity index (χ0v) is 12.9. The maximum Gasteiger partial charge on any atom is 0.266 e. The standard InChI is InChI=1S/C18H17N3O2/c1-21(2)16-7-5-15(6-8-16)20-18(23)14(12-19)11-13-3-9-17(22)10-4-13/h3-11,22H,1-2H3,(H,20,23)/b14-11+. The molecule has 0 saturated heterocycles. The molecule has 0 spiro atoms. The maximum absolute atomic E-state index is 12.2. The smallest absolute Gasteiger partial charge is 0.266 e. The summed E-state index contributed by atoms with van der Waals surface area (Å²) in [5.74, 6) is -0.343. The first-order chi connectivity index (χ1) is 11.0. The van der Waals surface area contributed by atoms with Crippen molar-refractivity contribution < 1.29 is 9.90 Å². The summed E-state index contributed by atoms with van der Waals surface area (Å²) in [5.41, 5.74) is 2.29. The van der Waals surface area contributed by atoms with E-state index in [2.05, 4.69) is 5.32 Å². The number of nitriles is 1. The van der Waals surface area contributed by atoms with Crippen molar-refractivity contribution >= 4 is 23.4 Å². The van der Waals surface area contributed by atoms with Gasteiger partial charge in [-0.15, -0.1) is 0 Å². The lowest BCUT2D eigenvalue weighted by Crippen LogP contribution is -2.14. The quantitative estimate of drug-likeness (QED) is 0.672. The van der Waals surface area contributed by atoms with Gasteiger partial charge < -0.3 is 15.3 Å². The zero-order valence-electron chi connectivity index (χ0n) is 12.9. The number of carbonyl (C=O) groups is 1. The monoisotopic (exact) mass is 307 g/mol. The lowest BCUT2D eigenvalue weighted by molar-refractivity contribution is -0.112. The molecule has 0 saturated carbocycles. The number of nitrogens with zero attached hydrogens (tertiary/aromatic N) is 2. The first kappa shape index (κ1) is 16.1. The normalized spacial score (nSPS) is 10.7. The number of carbonyl (C=O) groups excluding carboxylic acids is 1. The zero-order chi connectivity index (χ0) is 16.8. The molecule has 2 rings (SSSR count). The Morgan fingerprint density at radius 2 is 1.74 bits per heavy atom. The van der Waals surface area contributed by atoms with E-state index < -0.39 is 5.91 Å². The van der Waals surface area contributed by atoms with Gasteiger partial charge in [-0.1, -0.05) is 12.1 Å². The molecule has 5 heteroatoms. The Morgan fingerprint density at radius 3 is 2.26 bits per heavy atom. The van der Waals surface area contributed by atoms with Crippen molar-refractivity contribution in [3.63, 3.8) is 0 Å². The molecule has 0 fully saturated rings. The predicted molar refractivity (Wildman–Crippen MR) is 91.1 cm³/mol. The number of rotatable bonds is 4. The third kappa shape index (κ3) is 4.35. The van der Waals surface area contributed by atoms with Crippen LogP contribution in [0.3, 0.4) is 0 Å². The molecule has 1 amide bonds. The number of hydrogen-bond donors (Lipinski definition) is 2. The van der Waals surface area contributed by atoms with Crippen LogP contribution in [0.25, 0.3) is 6.08 Å². The topological polar surface area (TPSA) is 76.4 Å². The molecule has 2 aromatic rings. The van der Waals surface area contributed by atoms with Crippen LogP contribution in [0.4, 0.5) is 11.4 Å². The van der Waals surface area contributed by atoms with Crippen molar-refractivity contribution in [1.82, 2.24) is 0 Å². The second-order valence-corrected chi connectivity index (χ2v) is 5.16. The average Bonchev–Trinajstić information content (AvgIpc) is 2.54. The molecule has 0 aromatic heterocycles. The van der Waals surface area contributed by atoms with Crippen LogP contribution < -0.4 is 10.2 Å². The van der Waals surface area contributed by atoms with Crippen molar-refractivity contribution in [1.29, 1.82) is 5.26 Å². The van der Waals surface area contributed by atoms with E-state index in [1.165, 1.54) is 18.2 Å². The fraction of sp³-hybridized carbons (Fsp3) is 0.111. The molecule has 23 heavy (non-hydrogen) atoms. The molecule has 0 unspecified atom stereocenters. The summed E-state index contributed by atoms with van der Waals surface area (Å²) in [5, 5.41) is 21.1. The van der Waals surface area contributed by atoms with Crippen LogP contribution in [0.15, 0.2) is 54.1 Å². The van der Waals surface area contributed by atoms with Crippen LogP contribution in [-0.2, 0) is 4.79 Å². The van der Waals surface area contributed by atoms with Crippen molar-refractivity contribution in [2.24, 2.45) is 0 Å². The number of anilines is 2. The van der Waals surface area contributed by atoms with Crippen LogP contribution in [0.1, 0.15) is 5.56 Å². The fourth-order valence-corrected chi connectivity index (χ4v) is 1.93. The summed E-state index contributed by atoms with van der Waals surface area (Å²) in [6, 6.07) is 15.5. The Kier molecular flexibility index (Phi) is 5.00. The molecule has 2 aromatic carbocycles. The molecule has 0 aliphatic heterocycles. The van der Waals surface area contributed by atoms with Gasteiger partial charge in [-0.25, -0.2) is 0 Å². The third-order valence-corrected chi connectivity index (χ3v) is 3.21. The fourth-order valence-electron chi connectivity index (χ4n) is 1.93. The first-order valence-electron chi connectivity index (χ1n) is 6.99. The minimum absolute atomic E-state index is 0.00706.